The summed E-state index contributed by atoms with van der Waals surface area (Å²) in [5.74, 6) is -1.56. The van der Waals surface area contributed by atoms with Crippen molar-refractivity contribution in [1.29, 1.82) is 0 Å². The van der Waals surface area contributed by atoms with Gasteiger partial charge >= 0.3 is 11.9 Å². The van der Waals surface area contributed by atoms with Crippen molar-refractivity contribution in [3.05, 3.63) is 116 Å². The third-order valence-electron chi connectivity index (χ3n) is 8.78. The maximum atomic E-state index is 13.7. The summed E-state index contributed by atoms with van der Waals surface area (Å²) in [7, 11) is 3.93. The molecule has 1 fully saturated rings. The fraction of sp³-hybridized carbons (Fsp3) is 0.250. The predicted octanol–water partition coefficient (Wildman–Crippen LogP) is 5.32. The number of halogens is 1. The molecule has 0 spiro atoms. The Kier molecular flexibility index (Phi) is 9.54. The zero-order chi connectivity index (χ0) is 34.8. The molecule has 2 N–H and O–H groups in total. The number of hydrogen-bond acceptors (Lipinski definition) is 9. The quantitative estimate of drug-likeness (QED) is 0.230. The standard InChI is InChI=1S/C36H33BrN4O8/c1-47-26-8-9-28(37)27(16-26)34(44)39-29-15-21(33(43)38-25-13-22(35(45)48-2)12-23(14-25)36(46)49-3)7-10-31(29)40-17-20-11-24(19-40)30-5-4-6-32(42)41(30)18-20/h4-10,12-16,20,24H,11,17-19H2,1-3H3,(H,38,43)(H,39,44). The maximum Gasteiger partial charge on any atom is 0.337 e. The lowest BCUT2D eigenvalue weighted by Gasteiger charge is -2.44. The van der Waals surface area contributed by atoms with E-state index in [0.717, 1.165) is 12.1 Å². The number of carbonyl (C=O) groups excluding carboxylic acids is 4. The van der Waals surface area contributed by atoms with E-state index in [1.807, 2.05) is 10.6 Å². The first kappa shape index (κ1) is 33.5. The number of piperidine rings is 1. The van der Waals surface area contributed by atoms with Crippen LogP contribution in [0.5, 0.6) is 5.75 Å². The van der Waals surface area contributed by atoms with E-state index in [1.165, 1.54) is 39.5 Å². The summed E-state index contributed by atoms with van der Waals surface area (Å²) in [6.45, 7) is 1.85. The molecule has 3 aromatic carbocycles. The van der Waals surface area contributed by atoms with Crippen molar-refractivity contribution in [3.8, 4) is 5.75 Å². The van der Waals surface area contributed by atoms with Gasteiger partial charge in [0, 0.05) is 53.0 Å². The molecule has 0 aliphatic carbocycles. The molecule has 2 bridgehead atoms. The molecule has 0 radical (unpaired) electrons. The highest BCUT2D eigenvalue weighted by molar-refractivity contribution is 9.10. The minimum atomic E-state index is -0.696. The van der Waals surface area contributed by atoms with Crippen LogP contribution in [0.3, 0.4) is 0 Å². The second-order valence-electron chi connectivity index (χ2n) is 11.9. The number of anilines is 3. The molecule has 1 saturated heterocycles. The maximum absolute atomic E-state index is 13.7. The Hall–Kier alpha value is -5.43. The van der Waals surface area contributed by atoms with Gasteiger partial charge in [-0.05, 0) is 88.9 Å². The van der Waals surface area contributed by atoms with E-state index in [1.54, 1.807) is 48.5 Å². The number of amides is 2. The van der Waals surface area contributed by atoms with Gasteiger partial charge in [-0.1, -0.05) is 6.07 Å². The Labute approximate surface area is 290 Å². The van der Waals surface area contributed by atoms with Gasteiger partial charge in [0.2, 0.25) is 0 Å². The number of esters is 2. The Morgan fingerprint density at radius 3 is 2.20 bits per heavy atom. The number of nitrogens with zero attached hydrogens (tertiary/aromatic N) is 2. The Morgan fingerprint density at radius 1 is 0.776 bits per heavy atom. The summed E-state index contributed by atoms with van der Waals surface area (Å²) >= 11 is 3.46. The van der Waals surface area contributed by atoms with E-state index in [2.05, 4.69) is 31.5 Å². The third-order valence-corrected chi connectivity index (χ3v) is 9.47. The summed E-state index contributed by atoms with van der Waals surface area (Å²) in [6.07, 6.45) is 0.942. The summed E-state index contributed by atoms with van der Waals surface area (Å²) < 4.78 is 17.4. The number of nitrogens with one attached hydrogen (secondary N) is 2. The fourth-order valence-electron chi connectivity index (χ4n) is 6.52. The van der Waals surface area contributed by atoms with E-state index in [0.29, 0.717) is 46.8 Å². The lowest BCUT2D eigenvalue weighted by molar-refractivity contribution is 0.0598. The highest BCUT2D eigenvalue weighted by atomic mass is 79.9. The van der Waals surface area contributed by atoms with Crippen LogP contribution >= 0.6 is 15.9 Å². The number of hydrogen-bond donors (Lipinski definition) is 2. The molecule has 12 nitrogen and oxygen atoms in total. The molecule has 49 heavy (non-hydrogen) atoms. The molecule has 0 saturated carbocycles. The van der Waals surface area contributed by atoms with Crippen molar-refractivity contribution in [2.45, 2.75) is 18.9 Å². The van der Waals surface area contributed by atoms with Gasteiger partial charge in [0.05, 0.1) is 49.4 Å². The Bertz CT molecular complexity index is 2010. The molecule has 2 unspecified atom stereocenters. The molecule has 252 valence electrons. The van der Waals surface area contributed by atoms with Crippen molar-refractivity contribution >= 4 is 56.7 Å². The lowest BCUT2D eigenvalue weighted by atomic mass is 9.83. The average Bonchev–Trinajstić information content (AvgIpc) is 3.11. The normalized spacial score (nSPS) is 16.2. The zero-order valence-electron chi connectivity index (χ0n) is 26.9. The van der Waals surface area contributed by atoms with E-state index in [9.17, 15) is 24.0 Å². The molecule has 2 aliphatic heterocycles. The highest BCUT2D eigenvalue weighted by Gasteiger charge is 2.35. The molecular weight excluding hydrogens is 696 g/mol. The number of pyridine rings is 1. The van der Waals surface area contributed by atoms with Crippen LogP contribution in [0.1, 0.15) is 59.5 Å². The molecular formula is C36H33BrN4O8. The first-order chi connectivity index (χ1) is 23.6. The van der Waals surface area contributed by atoms with Crippen LogP contribution in [0.2, 0.25) is 0 Å². The van der Waals surface area contributed by atoms with Gasteiger partial charge in [-0.3, -0.25) is 14.4 Å². The Balaban J connectivity index is 1.35. The molecule has 1 aromatic heterocycles. The van der Waals surface area contributed by atoms with Gasteiger partial charge in [-0.2, -0.15) is 0 Å². The number of benzene rings is 3. The summed E-state index contributed by atoms with van der Waals surface area (Å²) in [5.41, 5.74) is 2.89. The van der Waals surface area contributed by atoms with Crippen LogP contribution in [0, 0.1) is 5.92 Å². The molecule has 2 amide bonds. The smallest absolute Gasteiger partial charge is 0.337 e. The van der Waals surface area contributed by atoms with Crippen LogP contribution in [-0.2, 0) is 16.0 Å². The largest absolute Gasteiger partial charge is 0.497 e. The lowest BCUT2D eigenvalue weighted by Crippen LogP contribution is -2.47. The van der Waals surface area contributed by atoms with Crippen molar-refractivity contribution in [1.82, 2.24) is 4.57 Å². The predicted molar refractivity (Wildman–Crippen MR) is 186 cm³/mol. The second-order valence-corrected chi connectivity index (χ2v) is 12.7. The van der Waals surface area contributed by atoms with Crippen molar-refractivity contribution < 1.29 is 33.4 Å². The van der Waals surface area contributed by atoms with Crippen molar-refractivity contribution in [2.24, 2.45) is 5.92 Å². The molecule has 2 aliphatic rings. The van der Waals surface area contributed by atoms with E-state index in [-0.39, 0.29) is 39.8 Å². The van der Waals surface area contributed by atoms with Crippen molar-refractivity contribution in [3.63, 3.8) is 0 Å². The van der Waals surface area contributed by atoms with Gasteiger partial charge < -0.3 is 34.3 Å². The third kappa shape index (κ3) is 6.93. The number of aromatic nitrogens is 1. The summed E-state index contributed by atoms with van der Waals surface area (Å²) in [4.78, 5) is 66.8. The molecule has 13 heteroatoms. The fourth-order valence-corrected chi connectivity index (χ4v) is 6.94. The Morgan fingerprint density at radius 2 is 1.51 bits per heavy atom. The van der Waals surface area contributed by atoms with Crippen LogP contribution < -0.4 is 25.8 Å². The number of carbonyl (C=O) groups is 4. The van der Waals surface area contributed by atoms with Gasteiger partial charge in [-0.25, -0.2) is 9.59 Å². The van der Waals surface area contributed by atoms with Crippen LogP contribution in [0.15, 0.2) is 82.1 Å². The van der Waals surface area contributed by atoms with Gasteiger partial charge in [0.25, 0.3) is 17.4 Å². The molecule has 4 aromatic rings. The van der Waals surface area contributed by atoms with Crippen LogP contribution in [0.4, 0.5) is 17.1 Å². The van der Waals surface area contributed by atoms with Crippen LogP contribution in [-0.4, -0.2) is 62.7 Å². The minimum Gasteiger partial charge on any atom is -0.497 e. The highest BCUT2D eigenvalue weighted by Crippen LogP contribution is 2.40. The second kappa shape index (κ2) is 14.0. The van der Waals surface area contributed by atoms with Gasteiger partial charge in [0.1, 0.15) is 5.75 Å². The minimum absolute atomic E-state index is 0.0105. The van der Waals surface area contributed by atoms with E-state index >= 15 is 0 Å². The molecule has 6 rings (SSSR count). The van der Waals surface area contributed by atoms with Gasteiger partial charge in [-0.15, -0.1) is 0 Å². The number of methoxy groups -OCH3 is 3. The first-order valence-corrected chi connectivity index (χ1v) is 16.2. The number of ether oxygens (including phenoxy) is 3. The van der Waals surface area contributed by atoms with Crippen LogP contribution in [0.25, 0.3) is 0 Å². The number of fused-ring (bicyclic) bond motifs is 4. The van der Waals surface area contributed by atoms with E-state index < -0.39 is 23.8 Å². The van der Waals surface area contributed by atoms with Crippen molar-refractivity contribution in [2.75, 3.05) is 50.0 Å². The summed E-state index contributed by atoms with van der Waals surface area (Å²) in [5, 5.41) is 5.75. The number of rotatable bonds is 8. The zero-order valence-corrected chi connectivity index (χ0v) is 28.5. The topological polar surface area (TPSA) is 145 Å². The average molecular weight is 730 g/mol. The monoisotopic (exact) mass is 728 g/mol. The molecule has 3 heterocycles. The molecule has 2 atom stereocenters. The first-order valence-electron chi connectivity index (χ1n) is 15.4. The summed E-state index contributed by atoms with van der Waals surface area (Å²) in [6, 6.07) is 19.5. The SMILES string of the molecule is COC(=O)c1cc(NC(=O)c2ccc(N3CC4CC(C3)c3cccc(=O)n3C4)c(NC(=O)c3cc(OC)ccc3Br)c2)cc(C(=O)OC)c1. The van der Waals surface area contributed by atoms with E-state index in [4.69, 9.17) is 14.2 Å². The van der Waals surface area contributed by atoms with Gasteiger partial charge in [0.15, 0.2) is 0 Å².